The summed E-state index contributed by atoms with van der Waals surface area (Å²) in [5.41, 5.74) is 3.70. The van der Waals surface area contributed by atoms with Crippen molar-refractivity contribution in [3.8, 4) is 28.4 Å². The van der Waals surface area contributed by atoms with E-state index in [1.54, 1.807) is 32.1 Å². The standard InChI is InChI=1S/C32H33ClN4O5S/c1-40-17-9-16-34-27(38)19-36-28(39)20-43-31(23-18-22(41-2)14-15-26(23)42-3)29-30(21-10-5-4-6-11-21)35-37(32(29)36)25-13-8-7-12-24(25)33/h4-8,10-15,18,31H,9,16-17,19-20H2,1-3H3,(H,34,38). The number of hydrogen-bond donors (Lipinski definition) is 1. The average molecular weight is 621 g/mol. The van der Waals surface area contributed by atoms with Crippen molar-refractivity contribution in [1.29, 1.82) is 0 Å². The maximum absolute atomic E-state index is 13.9. The number of anilines is 1. The molecule has 1 unspecified atom stereocenters. The molecule has 1 atom stereocenters. The predicted molar refractivity (Wildman–Crippen MR) is 170 cm³/mol. The zero-order valence-electron chi connectivity index (χ0n) is 24.2. The van der Waals surface area contributed by atoms with Crippen LogP contribution in [0.2, 0.25) is 5.02 Å². The molecule has 0 saturated carbocycles. The first-order chi connectivity index (χ1) is 21.0. The number of ether oxygens (including phenoxy) is 3. The fourth-order valence-electron chi connectivity index (χ4n) is 5.05. The van der Waals surface area contributed by atoms with Gasteiger partial charge in [0.1, 0.15) is 23.9 Å². The number of carbonyl (C=O) groups excluding carboxylic acids is 2. The highest BCUT2D eigenvalue weighted by Gasteiger charge is 2.39. The Bertz CT molecular complexity index is 1600. The van der Waals surface area contributed by atoms with Crippen LogP contribution >= 0.6 is 23.4 Å². The Morgan fingerprint density at radius 1 is 1.05 bits per heavy atom. The number of nitrogens with one attached hydrogen (secondary N) is 1. The molecule has 1 aliphatic heterocycles. The van der Waals surface area contributed by atoms with Crippen LogP contribution in [0.3, 0.4) is 0 Å². The maximum Gasteiger partial charge on any atom is 0.240 e. The van der Waals surface area contributed by atoms with Gasteiger partial charge in [0.25, 0.3) is 0 Å². The molecule has 0 bridgehead atoms. The second kappa shape index (κ2) is 14.0. The van der Waals surface area contributed by atoms with E-state index in [4.69, 9.17) is 30.9 Å². The molecule has 11 heteroatoms. The van der Waals surface area contributed by atoms with Gasteiger partial charge >= 0.3 is 0 Å². The molecule has 5 rings (SSSR count). The van der Waals surface area contributed by atoms with Gasteiger partial charge in [-0.1, -0.05) is 54.1 Å². The van der Waals surface area contributed by atoms with E-state index in [1.165, 1.54) is 16.7 Å². The van der Waals surface area contributed by atoms with Crippen LogP contribution in [0.25, 0.3) is 16.9 Å². The second-order valence-electron chi connectivity index (χ2n) is 9.79. The molecule has 43 heavy (non-hydrogen) atoms. The summed E-state index contributed by atoms with van der Waals surface area (Å²) in [6.07, 6.45) is 0.657. The van der Waals surface area contributed by atoms with Crippen LogP contribution in [-0.4, -0.2) is 68.4 Å². The second-order valence-corrected chi connectivity index (χ2v) is 11.3. The van der Waals surface area contributed by atoms with E-state index in [0.717, 1.165) is 16.7 Å². The molecule has 1 N–H and O–H groups in total. The van der Waals surface area contributed by atoms with Gasteiger partial charge in [-0.05, 0) is 36.8 Å². The lowest BCUT2D eigenvalue weighted by Gasteiger charge is -2.24. The number of nitrogens with zero attached hydrogens (tertiary/aromatic N) is 3. The first kappa shape index (κ1) is 30.5. The highest BCUT2D eigenvalue weighted by atomic mass is 35.5. The molecule has 9 nitrogen and oxygen atoms in total. The van der Waals surface area contributed by atoms with E-state index in [9.17, 15) is 9.59 Å². The van der Waals surface area contributed by atoms with Crippen LogP contribution in [0.4, 0.5) is 5.82 Å². The number of aromatic nitrogens is 2. The number of hydrogen-bond acceptors (Lipinski definition) is 7. The summed E-state index contributed by atoms with van der Waals surface area (Å²) in [5.74, 6) is 1.38. The monoisotopic (exact) mass is 620 g/mol. The molecule has 1 aromatic heterocycles. The number of para-hydroxylation sites is 1. The van der Waals surface area contributed by atoms with Crippen LogP contribution in [0.5, 0.6) is 11.5 Å². The topological polar surface area (TPSA) is 94.9 Å². The Morgan fingerprint density at radius 3 is 2.53 bits per heavy atom. The van der Waals surface area contributed by atoms with Crippen LogP contribution in [0, 0.1) is 0 Å². The number of benzene rings is 3. The van der Waals surface area contributed by atoms with Crippen LogP contribution in [-0.2, 0) is 14.3 Å². The van der Waals surface area contributed by atoms with Crippen molar-refractivity contribution in [2.24, 2.45) is 0 Å². The Labute approximate surface area is 260 Å². The van der Waals surface area contributed by atoms with Crippen molar-refractivity contribution in [2.75, 3.05) is 51.7 Å². The van der Waals surface area contributed by atoms with E-state index < -0.39 is 5.25 Å². The first-order valence-corrected chi connectivity index (χ1v) is 15.2. The van der Waals surface area contributed by atoms with E-state index in [2.05, 4.69) is 5.32 Å². The lowest BCUT2D eigenvalue weighted by atomic mass is 9.98. The van der Waals surface area contributed by atoms with Crippen molar-refractivity contribution in [1.82, 2.24) is 15.1 Å². The van der Waals surface area contributed by atoms with Crippen LogP contribution < -0.4 is 19.7 Å². The summed E-state index contributed by atoms with van der Waals surface area (Å²) in [6, 6.07) is 22.7. The normalized spacial score (nSPS) is 14.7. The molecule has 0 spiro atoms. The molecule has 224 valence electrons. The number of halogens is 1. The molecule has 3 aromatic carbocycles. The lowest BCUT2D eigenvalue weighted by molar-refractivity contribution is -0.122. The minimum Gasteiger partial charge on any atom is -0.497 e. The summed E-state index contributed by atoms with van der Waals surface area (Å²) in [6.45, 7) is 0.762. The Balaban J connectivity index is 1.76. The molecular formula is C32H33ClN4O5S. The minimum absolute atomic E-state index is 0.118. The summed E-state index contributed by atoms with van der Waals surface area (Å²) in [5, 5.41) is 8.06. The van der Waals surface area contributed by atoms with Gasteiger partial charge in [0, 0.05) is 37.0 Å². The van der Waals surface area contributed by atoms with E-state index >= 15 is 0 Å². The lowest BCUT2D eigenvalue weighted by Crippen LogP contribution is -2.42. The Hall–Kier alpha value is -3.99. The quantitative estimate of drug-likeness (QED) is 0.220. The highest BCUT2D eigenvalue weighted by Crippen LogP contribution is 2.51. The molecule has 0 fully saturated rings. The molecule has 4 aromatic rings. The summed E-state index contributed by atoms with van der Waals surface area (Å²) >= 11 is 8.18. The van der Waals surface area contributed by atoms with Crippen molar-refractivity contribution in [3.05, 3.63) is 88.9 Å². The zero-order valence-corrected chi connectivity index (χ0v) is 25.8. The van der Waals surface area contributed by atoms with Gasteiger partial charge < -0.3 is 19.5 Å². The fourth-order valence-corrected chi connectivity index (χ4v) is 6.48. The summed E-state index contributed by atoms with van der Waals surface area (Å²) in [7, 11) is 4.84. The zero-order chi connectivity index (χ0) is 30.3. The van der Waals surface area contributed by atoms with Gasteiger partial charge in [0.15, 0.2) is 0 Å². The highest BCUT2D eigenvalue weighted by molar-refractivity contribution is 8.00. The fraction of sp³-hybridized carbons (Fsp3) is 0.281. The smallest absolute Gasteiger partial charge is 0.240 e. The maximum atomic E-state index is 13.9. The number of amides is 2. The van der Waals surface area contributed by atoms with E-state index in [-0.39, 0.29) is 24.1 Å². The van der Waals surface area contributed by atoms with Gasteiger partial charge in [-0.2, -0.15) is 5.10 Å². The van der Waals surface area contributed by atoms with Gasteiger partial charge in [-0.3, -0.25) is 14.5 Å². The largest absolute Gasteiger partial charge is 0.497 e. The number of thioether (sulfide) groups is 1. The third-order valence-corrected chi connectivity index (χ3v) is 8.64. The molecule has 1 aliphatic rings. The summed E-state index contributed by atoms with van der Waals surface area (Å²) < 4.78 is 18.2. The Morgan fingerprint density at radius 2 is 1.81 bits per heavy atom. The molecular weight excluding hydrogens is 588 g/mol. The SMILES string of the molecule is COCCCNC(=O)CN1C(=O)CSC(c2cc(OC)ccc2OC)c2c(-c3ccccc3)nn(-c3ccccc3Cl)c21. The van der Waals surface area contributed by atoms with Crippen molar-refractivity contribution in [2.45, 2.75) is 11.7 Å². The van der Waals surface area contributed by atoms with E-state index in [1.807, 2.05) is 66.7 Å². The number of fused-ring (bicyclic) bond motifs is 1. The van der Waals surface area contributed by atoms with Gasteiger partial charge in [-0.25, -0.2) is 4.68 Å². The minimum atomic E-state index is -0.398. The predicted octanol–water partition coefficient (Wildman–Crippen LogP) is 5.53. The van der Waals surface area contributed by atoms with Crippen molar-refractivity contribution in [3.63, 3.8) is 0 Å². The molecule has 2 heterocycles. The van der Waals surface area contributed by atoms with Crippen molar-refractivity contribution >= 4 is 41.0 Å². The third-order valence-electron chi connectivity index (χ3n) is 7.09. The number of rotatable bonds is 11. The van der Waals surface area contributed by atoms with Gasteiger partial charge in [-0.15, -0.1) is 11.8 Å². The summed E-state index contributed by atoms with van der Waals surface area (Å²) in [4.78, 5) is 28.7. The van der Waals surface area contributed by atoms with Crippen LogP contribution in [0.15, 0.2) is 72.8 Å². The molecule has 2 amide bonds. The van der Waals surface area contributed by atoms with Crippen molar-refractivity contribution < 1.29 is 23.8 Å². The Kier molecular flexibility index (Phi) is 9.91. The van der Waals surface area contributed by atoms with Crippen LogP contribution in [0.1, 0.15) is 22.8 Å². The molecule has 0 saturated heterocycles. The third kappa shape index (κ3) is 6.51. The average Bonchev–Trinajstić information content (AvgIpc) is 3.35. The van der Waals surface area contributed by atoms with Gasteiger partial charge in [0.05, 0.1) is 41.6 Å². The van der Waals surface area contributed by atoms with Gasteiger partial charge in [0.2, 0.25) is 11.8 Å². The first-order valence-electron chi connectivity index (χ1n) is 13.8. The molecule has 0 aliphatic carbocycles. The number of carbonyl (C=O) groups is 2. The molecule has 0 radical (unpaired) electrons. The number of methoxy groups -OCH3 is 3. The van der Waals surface area contributed by atoms with E-state index in [0.29, 0.717) is 53.3 Å².